The van der Waals surface area contributed by atoms with E-state index in [0.29, 0.717) is 0 Å². The van der Waals surface area contributed by atoms with E-state index in [1.807, 2.05) is 13.0 Å². The molecule has 1 amide bonds. The van der Waals surface area contributed by atoms with Gasteiger partial charge in [-0.2, -0.15) is 0 Å². The molecule has 1 aromatic carbocycles. The number of amides is 1. The summed E-state index contributed by atoms with van der Waals surface area (Å²) in [5, 5.41) is 3.10. The number of benzene rings is 1. The molecule has 2 atom stereocenters. The van der Waals surface area contributed by atoms with Crippen molar-refractivity contribution in [3.8, 4) is 0 Å². The molecule has 0 spiro atoms. The molecule has 1 aliphatic carbocycles. The van der Waals surface area contributed by atoms with Crippen LogP contribution in [0.15, 0.2) is 24.3 Å². The smallest absolute Gasteiger partial charge is 0.234 e. The Morgan fingerprint density at radius 2 is 2.31 bits per heavy atom. The Hall–Kier alpha value is -0.830. The second kappa shape index (κ2) is 5.00. The fourth-order valence-corrected chi connectivity index (χ4v) is 2.29. The molecule has 0 bridgehead atoms. The van der Waals surface area contributed by atoms with Crippen LogP contribution in [0.3, 0.4) is 0 Å². The van der Waals surface area contributed by atoms with Crippen LogP contribution in [-0.4, -0.2) is 10.7 Å². The Labute approximate surface area is 105 Å². The number of aryl methyl sites for hydroxylation is 1. The average Bonchev–Trinajstić information content (AvgIpc) is 2.72. The van der Waals surface area contributed by atoms with Gasteiger partial charge < -0.3 is 5.32 Å². The summed E-state index contributed by atoms with van der Waals surface area (Å²) in [5.74, 6) is 0.101. The van der Waals surface area contributed by atoms with Gasteiger partial charge in [0.05, 0.1) is 10.9 Å². The summed E-state index contributed by atoms with van der Waals surface area (Å²) in [5.41, 5.74) is 2.65. The summed E-state index contributed by atoms with van der Waals surface area (Å²) in [6, 6.07) is 8.56. The predicted octanol–water partition coefficient (Wildman–Crippen LogP) is 2.96. The molecule has 0 saturated carbocycles. The summed E-state index contributed by atoms with van der Waals surface area (Å²) >= 11 is 3.38. The topological polar surface area (TPSA) is 29.1 Å². The van der Waals surface area contributed by atoms with E-state index in [2.05, 4.69) is 39.4 Å². The van der Waals surface area contributed by atoms with Crippen molar-refractivity contribution in [2.75, 3.05) is 0 Å². The first-order chi connectivity index (χ1) is 7.72. The molecule has 1 N–H and O–H groups in total. The first kappa shape index (κ1) is 11.6. The lowest BCUT2D eigenvalue weighted by Crippen LogP contribution is -2.33. The fraction of sp³-hybridized carbons (Fsp3) is 0.462. The second-order valence-electron chi connectivity index (χ2n) is 4.17. The van der Waals surface area contributed by atoms with Crippen molar-refractivity contribution in [2.45, 2.75) is 37.1 Å². The zero-order valence-electron chi connectivity index (χ0n) is 9.37. The molecule has 0 aromatic heterocycles. The monoisotopic (exact) mass is 281 g/mol. The maximum absolute atomic E-state index is 11.8. The highest BCUT2D eigenvalue weighted by atomic mass is 79.9. The highest BCUT2D eigenvalue weighted by molar-refractivity contribution is 9.10. The number of hydrogen-bond acceptors (Lipinski definition) is 1. The minimum absolute atomic E-state index is 0.0692. The summed E-state index contributed by atoms with van der Waals surface area (Å²) < 4.78 is 0. The summed E-state index contributed by atoms with van der Waals surface area (Å²) in [7, 11) is 0. The Kier molecular flexibility index (Phi) is 3.64. The van der Waals surface area contributed by atoms with Crippen molar-refractivity contribution in [2.24, 2.45) is 0 Å². The molecule has 3 heteroatoms. The third kappa shape index (κ3) is 2.29. The van der Waals surface area contributed by atoms with E-state index in [4.69, 9.17) is 0 Å². The van der Waals surface area contributed by atoms with E-state index in [0.717, 1.165) is 19.3 Å². The van der Waals surface area contributed by atoms with Gasteiger partial charge >= 0.3 is 0 Å². The van der Waals surface area contributed by atoms with Gasteiger partial charge in [-0.1, -0.05) is 47.1 Å². The largest absolute Gasteiger partial charge is 0.348 e. The highest BCUT2D eigenvalue weighted by Gasteiger charge is 2.24. The number of rotatable bonds is 3. The molecule has 16 heavy (non-hydrogen) atoms. The van der Waals surface area contributed by atoms with Crippen molar-refractivity contribution in [1.82, 2.24) is 5.32 Å². The van der Waals surface area contributed by atoms with Crippen LogP contribution >= 0.6 is 15.9 Å². The lowest BCUT2D eigenvalue weighted by molar-refractivity contribution is -0.121. The SMILES string of the molecule is CCC(Br)C(=O)NC1CCc2ccccc21. The van der Waals surface area contributed by atoms with Crippen LogP contribution in [0.4, 0.5) is 0 Å². The maximum Gasteiger partial charge on any atom is 0.234 e. The molecule has 0 fully saturated rings. The molecule has 0 heterocycles. The van der Waals surface area contributed by atoms with Crippen LogP contribution in [0.25, 0.3) is 0 Å². The van der Waals surface area contributed by atoms with Gasteiger partial charge in [-0.05, 0) is 30.4 Å². The van der Waals surface area contributed by atoms with Crippen LogP contribution in [0.2, 0.25) is 0 Å². The number of nitrogens with one attached hydrogen (secondary N) is 1. The van der Waals surface area contributed by atoms with Crippen LogP contribution in [0, 0.1) is 0 Å². The van der Waals surface area contributed by atoms with Crippen molar-refractivity contribution >= 4 is 21.8 Å². The first-order valence-electron chi connectivity index (χ1n) is 5.74. The standard InChI is InChI=1S/C13H16BrNO/c1-2-11(14)13(16)15-12-8-7-9-5-3-4-6-10(9)12/h3-6,11-12H,2,7-8H2,1H3,(H,15,16). The Balaban J connectivity index is 2.06. The van der Waals surface area contributed by atoms with E-state index in [1.54, 1.807) is 0 Å². The lowest BCUT2D eigenvalue weighted by Gasteiger charge is -2.16. The van der Waals surface area contributed by atoms with Crippen LogP contribution in [0.5, 0.6) is 0 Å². The van der Waals surface area contributed by atoms with Gasteiger partial charge in [0.1, 0.15) is 0 Å². The molecule has 1 aliphatic rings. The fourth-order valence-electron chi connectivity index (χ4n) is 2.15. The molecule has 2 nitrogen and oxygen atoms in total. The molecule has 2 unspecified atom stereocenters. The van der Waals surface area contributed by atoms with E-state index >= 15 is 0 Å². The number of fused-ring (bicyclic) bond motifs is 1. The maximum atomic E-state index is 11.8. The minimum atomic E-state index is -0.0692. The van der Waals surface area contributed by atoms with Crippen LogP contribution < -0.4 is 5.32 Å². The van der Waals surface area contributed by atoms with Crippen LogP contribution in [0.1, 0.15) is 36.9 Å². The lowest BCUT2D eigenvalue weighted by atomic mass is 10.1. The van der Waals surface area contributed by atoms with E-state index in [-0.39, 0.29) is 16.8 Å². The van der Waals surface area contributed by atoms with Crippen molar-refractivity contribution in [3.05, 3.63) is 35.4 Å². The third-order valence-corrected chi connectivity index (χ3v) is 4.16. The third-order valence-electron chi connectivity index (χ3n) is 3.09. The summed E-state index contributed by atoms with van der Waals surface area (Å²) in [6.45, 7) is 2.00. The van der Waals surface area contributed by atoms with Crippen molar-refractivity contribution < 1.29 is 4.79 Å². The minimum Gasteiger partial charge on any atom is -0.348 e. The number of carbonyl (C=O) groups is 1. The number of alkyl halides is 1. The molecule has 0 radical (unpaired) electrons. The van der Waals surface area contributed by atoms with Crippen LogP contribution in [-0.2, 0) is 11.2 Å². The van der Waals surface area contributed by atoms with Crippen molar-refractivity contribution in [1.29, 1.82) is 0 Å². The van der Waals surface area contributed by atoms with Gasteiger partial charge in [-0.3, -0.25) is 4.79 Å². The van der Waals surface area contributed by atoms with Gasteiger partial charge in [-0.15, -0.1) is 0 Å². The van der Waals surface area contributed by atoms with Gasteiger partial charge in [0, 0.05) is 0 Å². The summed E-state index contributed by atoms with van der Waals surface area (Å²) in [6.07, 6.45) is 2.91. The second-order valence-corrected chi connectivity index (χ2v) is 5.28. The Morgan fingerprint density at radius 3 is 3.06 bits per heavy atom. The average molecular weight is 282 g/mol. The molecule has 0 aliphatic heterocycles. The molecular weight excluding hydrogens is 266 g/mol. The van der Waals surface area contributed by atoms with E-state index in [1.165, 1.54) is 11.1 Å². The van der Waals surface area contributed by atoms with Gasteiger partial charge in [-0.25, -0.2) is 0 Å². The number of carbonyl (C=O) groups excluding carboxylic acids is 1. The normalized spacial score (nSPS) is 20.2. The van der Waals surface area contributed by atoms with E-state index in [9.17, 15) is 4.79 Å². The highest BCUT2D eigenvalue weighted by Crippen LogP contribution is 2.30. The quantitative estimate of drug-likeness (QED) is 0.848. The molecule has 2 rings (SSSR count). The van der Waals surface area contributed by atoms with Gasteiger partial charge in [0.2, 0.25) is 5.91 Å². The van der Waals surface area contributed by atoms with Gasteiger partial charge in [0.15, 0.2) is 0 Å². The number of halogens is 1. The predicted molar refractivity (Wildman–Crippen MR) is 68.7 cm³/mol. The molecule has 86 valence electrons. The molecular formula is C13H16BrNO. The Bertz CT molecular complexity index is 391. The first-order valence-corrected chi connectivity index (χ1v) is 6.66. The van der Waals surface area contributed by atoms with E-state index < -0.39 is 0 Å². The summed E-state index contributed by atoms with van der Waals surface area (Å²) in [4.78, 5) is 11.7. The van der Waals surface area contributed by atoms with Gasteiger partial charge in [0.25, 0.3) is 0 Å². The molecule has 0 saturated heterocycles. The zero-order chi connectivity index (χ0) is 11.5. The Morgan fingerprint density at radius 1 is 1.56 bits per heavy atom. The van der Waals surface area contributed by atoms with Crippen molar-refractivity contribution in [3.63, 3.8) is 0 Å². The number of hydrogen-bond donors (Lipinski definition) is 1. The zero-order valence-corrected chi connectivity index (χ0v) is 11.0. The molecule has 1 aromatic rings.